The van der Waals surface area contributed by atoms with Gasteiger partial charge in [-0.1, -0.05) is 0 Å². The second kappa shape index (κ2) is 5.69. The smallest absolute Gasteiger partial charge is 0.404 e. The summed E-state index contributed by atoms with van der Waals surface area (Å²) in [4.78, 5) is 15.6. The van der Waals surface area contributed by atoms with Crippen molar-refractivity contribution in [2.24, 2.45) is 5.73 Å². The van der Waals surface area contributed by atoms with Crippen molar-refractivity contribution < 1.29 is 9.53 Å². The summed E-state index contributed by atoms with van der Waals surface area (Å²) < 4.78 is 5.06. The Labute approximate surface area is 103 Å². The average Bonchev–Trinajstić information content (AvgIpc) is 2.30. The molecule has 0 aromatic carbocycles. The molecule has 0 bridgehead atoms. The first kappa shape index (κ1) is 12.6. The van der Waals surface area contributed by atoms with Crippen molar-refractivity contribution >= 4 is 6.09 Å². The Hall–Kier alpha value is -0.810. The number of carbonyl (C=O) groups excluding carboxylic acids is 1. The first-order valence-electron chi connectivity index (χ1n) is 6.54. The molecule has 1 heterocycles. The summed E-state index contributed by atoms with van der Waals surface area (Å²) in [7, 11) is 2.18. The van der Waals surface area contributed by atoms with Crippen LogP contribution in [0, 0.1) is 0 Å². The Bertz CT molecular complexity index is 256. The van der Waals surface area contributed by atoms with E-state index >= 15 is 0 Å². The summed E-state index contributed by atoms with van der Waals surface area (Å²) in [6, 6.07) is 0.677. The topological polar surface area (TPSA) is 58.8 Å². The number of hydrogen-bond acceptors (Lipinski definition) is 4. The van der Waals surface area contributed by atoms with E-state index in [0.29, 0.717) is 6.04 Å². The molecule has 0 unspecified atom stereocenters. The third-order valence-corrected chi connectivity index (χ3v) is 3.98. The Kier molecular flexibility index (Phi) is 4.23. The van der Waals surface area contributed by atoms with E-state index in [9.17, 15) is 4.79 Å². The van der Waals surface area contributed by atoms with Crippen molar-refractivity contribution in [3.8, 4) is 0 Å². The van der Waals surface area contributed by atoms with Crippen molar-refractivity contribution in [2.45, 2.75) is 37.8 Å². The van der Waals surface area contributed by atoms with Crippen LogP contribution >= 0.6 is 0 Å². The normalized spacial score (nSPS) is 32.3. The molecule has 17 heavy (non-hydrogen) atoms. The lowest BCUT2D eigenvalue weighted by atomic mass is 9.91. The number of hydrogen-bond donors (Lipinski definition) is 1. The fourth-order valence-corrected chi connectivity index (χ4v) is 2.88. The van der Waals surface area contributed by atoms with E-state index < -0.39 is 6.09 Å². The lowest BCUT2D eigenvalue weighted by molar-refractivity contribution is 0.0377. The lowest BCUT2D eigenvalue weighted by Crippen LogP contribution is -2.50. The average molecular weight is 241 g/mol. The number of carbonyl (C=O) groups is 1. The van der Waals surface area contributed by atoms with Gasteiger partial charge in [-0.2, -0.15) is 0 Å². The molecule has 1 aliphatic carbocycles. The number of nitrogens with zero attached hydrogens (tertiary/aromatic N) is 2. The fraction of sp³-hybridized carbons (Fsp3) is 0.917. The van der Waals surface area contributed by atoms with Gasteiger partial charge in [0.15, 0.2) is 0 Å². The molecule has 0 spiro atoms. The van der Waals surface area contributed by atoms with Crippen LogP contribution < -0.4 is 5.73 Å². The van der Waals surface area contributed by atoms with Crippen molar-refractivity contribution in [1.82, 2.24) is 9.80 Å². The number of amides is 1. The highest BCUT2D eigenvalue weighted by Gasteiger charge is 2.28. The molecule has 0 radical (unpaired) electrons. The van der Waals surface area contributed by atoms with E-state index in [-0.39, 0.29) is 6.10 Å². The molecule has 2 rings (SSSR count). The maximum absolute atomic E-state index is 10.7. The van der Waals surface area contributed by atoms with Crippen LogP contribution in [-0.4, -0.2) is 61.3 Å². The molecule has 0 aromatic rings. The lowest BCUT2D eigenvalue weighted by Gasteiger charge is -2.40. The fourth-order valence-electron chi connectivity index (χ4n) is 2.88. The molecule has 5 nitrogen and oxygen atoms in total. The van der Waals surface area contributed by atoms with Crippen LogP contribution in [0.3, 0.4) is 0 Å². The molecule has 1 saturated carbocycles. The van der Waals surface area contributed by atoms with Gasteiger partial charge in [-0.15, -0.1) is 0 Å². The monoisotopic (exact) mass is 241 g/mol. The minimum atomic E-state index is -0.631. The molecule has 2 fully saturated rings. The van der Waals surface area contributed by atoms with Gasteiger partial charge in [0.2, 0.25) is 0 Å². The molecule has 98 valence electrons. The SMILES string of the molecule is CN1CCN(C2CCC(OC(N)=O)CC2)CC1. The van der Waals surface area contributed by atoms with Gasteiger partial charge in [0.25, 0.3) is 0 Å². The molecular weight excluding hydrogens is 218 g/mol. The van der Waals surface area contributed by atoms with Gasteiger partial charge in [-0.3, -0.25) is 4.90 Å². The number of rotatable bonds is 2. The molecule has 1 aliphatic heterocycles. The largest absolute Gasteiger partial charge is 0.446 e. The Balaban J connectivity index is 1.73. The number of nitrogens with two attached hydrogens (primary N) is 1. The highest BCUT2D eigenvalue weighted by atomic mass is 16.6. The predicted molar refractivity (Wildman–Crippen MR) is 65.8 cm³/mol. The quantitative estimate of drug-likeness (QED) is 0.771. The number of piperazine rings is 1. The van der Waals surface area contributed by atoms with Crippen molar-refractivity contribution in [1.29, 1.82) is 0 Å². The Morgan fingerprint density at radius 1 is 1.12 bits per heavy atom. The van der Waals surface area contributed by atoms with Gasteiger partial charge in [-0.25, -0.2) is 4.79 Å². The summed E-state index contributed by atoms with van der Waals surface area (Å²) in [5, 5.41) is 0. The molecular formula is C12H23N3O2. The molecule has 5 heteroatoms. The van der Waals surface area contributed by atoms with Crippen LogP contribution in [0.1, 0.15) is 25.7 Å². The van der Waals surface area contributed by atoms with Crippen LogP contribution in [0.5, 0.6) is 0 Å². The minimum Gasteiger partial charge on any atom is -0.446 e. The molecule has 1 saturated heterocycles. The van der Waals surface area contributed by atoms with Crippen molar-refractivity contribution in [2.75, 3.05) is 33.2 Å². The molecule has 0 aromatic heterocycles. The van der Waals surface area contributed by atoms with Crippen molar-refractivity contribution in [3.63, 3.8) is 0 Å². The van der Waals surface area contributed by atoms with E-state index in [1.54, 1.807) is 0 Å². The van der Waals surface area contributed by atoms with Gasteiger partial charge in [0.1, 0.15) is 6.10 Å². The summed E-state index contributed by atoms with van der Waals surface area (Å²) in [5.41, 5.74) is 5.04. The van der Waals surface area contributed by atoms with Crippen LogP contribution in [0.4, 0.5) is 4.79 Å². The highest BCUT2D eigenvalue weighted by molar-refractivity contribution is 5.64. The van der Waals surface area contributed by atoms with E-state index in [2.05, 4.69) is 16.8 Å². The summed E-state index contributed by atoms with van der Waals surface area (Å²) in [6.45, 7) is 4.67. The molecule has 2 N–H and O–H groups in total. The zero-order valence-corrected chi connectivity index (χ0v) is 10.6. The molecule has 0 atom stereocenters. The standard InChI is InChI=1S/C12H23N3O2/c1-14-6-8-15(9-7-14)10-2-4-11(5-3-10)17-12(13)16/h10-11H,2-9H2,1H3,(H2,13,16). The van der Waals surface area contributed by atoms with Gasteiger partial charge in [0.05, 0.1) is 0 Å². The summed E-state index contributed by atoms with van der Waals surface area (Å²) in [5.74, 6) is 0. The molecule has 2 aliphatic rings. The number of ether oxygens (including phenoxy) is 1. The Morgan fingerprint density at radius 2 is 1.71 bits per heavy atom. The van der Waals surface area contributed by atoms with E-state index in [0.717, 1.165) is 38.8 Å². The van der Waals surface area contributed by atoms with Crippen molar-refractivity contribution in [3.05, 3.63) is 0 Å². The van der Waals surface area contributed by atoms with Gasteiger partial charge < -0.3 is 15.4 Å². The first-order chi connectivity index (χ1) is 8.15. The first-order valence-corrected chi connectivity index (χ1v) is 6.54. The second-order valence-corrected chi connectivity index (χ2v) is 5.21. The van der Waals surface area contributed by atoms with E-state index in [1.807, 2.05) is 0 Å². The van der Waals surface area contributed by atoms with E-state index in [1.165, 1.54) is 13.1 Å². The van der Waals surface area contributed by atoms with Crippen LogP contribution in [-0.2, 0) is 4.74 Å². The maximum Gasteiger partial charge on any atom is 0.404 e. The summed E-state index contributed by atoms with van der Waals surface area (Å²) in [6.07, 6.45) is 3.59. The zero-order valence-electron chi connectivity index (χ0n) is 10.6. The minimum absolute atomic E-state index is 0.0521. The molecule has 1 amide bonds. The van der Waals surface area contributed by atoms with E-state index in [4.69, 9.17) is 10.5 Å². The van der Waals surface area contributed by atoms with Gasteiger partial charge in [0, 0.05) is 32.2 Å². The predicted octanol–water partition coefficient (Wildman–Crippen LogP) is 0.640. The van der Waals surface area contributed by atoms with Gasteiger partial charge in [-0.05, 0) is 32.7 Å². The third-order valence-electron chi connectivity index (χ3n) is 3.98. The number of likely N-dealkylation sites (N-methyl/N-ethyl adjacent to an activating group) is 1. The zero-order chi connectivity index (χ0) is 12.3. The second-order valence-electron chi connectivity index (χ2n) is 5.21. The van der Waals surface area contributed by atoms with Crippen LogP contribution in [0.15, 0.2) is 0 Å². The Morgan fingerprint density at radius 3 is 2.24 bits per heavy atom. The highest BCUT2D eigenvalue weighted by Crippen LogP contribution is 2.25. The van der Waals surface area contributed by atoms with Gasteiger partial charge >= 0.3 is 6.09 Å². The maximum atomic E-state index is 10.7. The summed E-state index contributed by atoms with van der Waals surface area (Å²) >= 11 is 0. The van der Waals surface area contributed by atoms with Crippen LogP contribution in [0.2, 0.25) is 0 Å². The van der Waals surface area contributed by atoms with Crippen LogP contribution in [0.25, 0.3) is 0 Å². The number of primary amides is 1. The third kappa shape index (κ3) is 3.57.